The molecule has 86 valence electrons. The first-order valence-electron chi connectivity index (χ1n) is 4.36. The molecule has 0 fully saturated rings. The van der Waals surface area contributed by atoms with Crippen molar-refractivity contribution in [2.24, 2.45) is 0 Å². The molecule has 0 spiro atoms. The molecule has 15 heavy (non-hydrogen) atoms. The van der Waals surface area contributed by atoms with Crippen molar-refractivity contribution in [1.29, 1.82) is 0 Å². The van der Waals surface area contributed by atoms with Gasteiger partial charge in [0, 0.05) is 18.7 Å². The van der Waals surface area contributed by atoms with E-state index in [1.807, 2.05) is 18.0 Å². The van der Waals surface area contributed by atoms with E-state index in [1.54, 1.807) is 12.1 Å². The minimum atomic E-state index is -0.471. The predicted molar refractivity (Wildman–Crippen MR) is 60.3 cm³/mol. The number of phenols is 1. The van der Waals surface area contributed by atoms with Crippen LogP contribution in [0.3, 0.4) is 0 Å². The lowest BCUT2D eigenvalue weighted by molar-refractivity contribution is 0.106. The molecular formula is C10H16ClNO3. The highest BCUT2D eigenvalue weighted by Gasteiger charge is 2.22. The Labute approximate surface area is 94.9 Å². The zero-order valence-corrected chi connectivity index (χ0v) is 9.29. The summed E-state index contributed by atoms with van der Waals surface area (Å²) in [4.78, 5) is 1.99. The smallest absolute Gasteiger partial charge is 0.120 e. The first-order valence-corrected chi connectivity index (χ1v) is 4.36. The van der Waals surface area contributed by atoms with Gasteiger partial charge in [-0.3, -0.25) is 4.90 Å². The monoisotopic (exact) mass is 233 g/mol. The summed E-state index contributed by atoms with van der Waals surface area (Å²) in [6.07, 6.45) is -0.471. The second kappa shape index (κ2) is 5.32. The number of benzene rings is 1. The average Bonchev–Trinajstić information content (AvgIpc) is 2.07. The minimum Gasteiger partial charge on any atom is -0.508 e. The summed E-state index contributed by atoms with van der Waals surface area (Å²) >= 11 is 0. The van der Waals surface area contributed by atoms with E-state index >= 15 is 0 Å². The van der Waals surface area contributed by atoms with Gasteiger partial charge >= 0.3 is 0 Å². The molecule has 4 N–H and O–H groups in total. The third kappa shape index (κ3) is 2.60. The molecule has 1 atom stereocenters. The molecule has 1 heterocycles. The third-order valence-corrected chi connectivity index (χ3v) is 2.46. The number of β-amino-alcohol motifs (C(OH)–C–C–N with tert-alkyl or cyclic N) is 1. The molecule has 1 aromatic rings. The molecule has 0 unspecified atom stereocenters. The highest BCUT2D eigenvalue weighted by Crippen LogP contribution is 2.31. The Morgan fingerprint density at radius 1 is 1.40 bits per heavy atom. The van der Waals surface area contributed by atoms with Crippen LogP contribution in [-0.2, 0) is 6.54 Å². The average molecular weight is 234 g/mol. The van der Waals surface area contributed by atoms with Gasteiger partial charge in [0.25, 0.3) is 0 Å². The fraction of sp³-hybridized carbons (Fsp3) is 0.400. The van der Waals surface area contributed by atoms with Crippen LogP contribution in [0.15, 0.2) is 18.2 Å². The molecule has 0 aliphatic carbocycles. The van der Waals surface area contributed by atoms with E-state index in [-0.39, 0.29) is 23.6 Å². The number of fused-ring (bicyclic) bond motifs is 1. The lowest BCUT2D eigenvalue weighted by Crippen LogP contribution is -2.30. The van der Waals surface area contributed by atoms with Gasteiger partial charge in [-0.2, -0.15) is 0 Å². The molecule has 0 bridgehead atoms. The highest BCUT2D eigenvalue weighted by atomic mass is 35.5. The fourth-order valence-corrected chi connectivity index (χ4v) is 1.80. The number of aliphatic hydroxyl groups excluding tert-OH is 1. The van der Waals surface area contributed by atoms with Crippen molar-refractivity contribution in [3.8, 4) is 5.75 Å². The quantitative estimate of drug-likeness (QED) is 0.684. The summed E-state index contributed by atoms with van der Waals surface area (Å²) < 4.78 is 0. The van der Waals surface area contributed by atoms with Gasteiger partial charge in [0.2, 0.25) is 0 Å². The van der Waals surface area contributed by atoms with Gasteiger partial charge in [0.15, 0.2) is 0 Å². The molecule has 0 aromatic heterocycles. The van der Waals surface area contributed by atoms with E-state index in [0.717, 1.165) is 11.1 Å². The number of likely N-dealkylation sites (N-methyl/N-ethyl adjacent to an activating group) is 1. The van der Waals surface area contributed by atoms with Gasteiger partial charge in [-0.05, 0) is 18.7 Å². The topological polar surface area (TPSA) is 75.2 Å². The van der Waals surface area contributed by atoms with Crippen molar-refractivity contribution in [2.45, 2.75) is 12.6 Å². The van der Waals surface area contributed by atoms with Crippen molar-refractivity contribution in [3.63, 3.8) is 0 Å². The van der Waals surface area contributed by atoms with Crippen LogP contribution >= 0.6 is 12.4 Å². The number of phenolic OH excluding ortho intramolecular Hbond substituents is 1. The van der Waals surface area contributed by atoms with E-state index in [0.29, 0.717) is 13.1 Å². The van der Waals surface area contributed by atoms with E-state index < -0.39 is 6.10 Å². The Balaban J connectivity index is 0.000000980. The van der Waals surface area contributed by atoms with Gasteiger partial charge in [-0.25, -0.2) is 0 Å². The lowest BCUT2D eigenvalue weighted by Gasteiger charge is -2.29. The Kier molecular flexibility index (Phi) is 5.03. The summed E-state index contributed by atoms with van der Waals surface area (Å²) in [6, 6.07) is 5.29. The summed E-state index contributed by atoms with van der Waals surface area (Å²) in [5.74, 6) is 0.281. The van der Waals surface area contributed by atoms with Crippen LogP contribution in [-0.4, -0.2) is 34.2 Å². The van der Waals surface area contributed by atoms with Crippen molar-refractivity contribution in [3.05, 3.63) is 29.3 Å². The van der Waals surface area contributed by atoms with Crippen LogP contribution in [0, 0.1) is 0 Å². The molecule has 0 saturated heterocycles. The first kappa shape index (κ1) is 14.2. The van der Waals surface area contributed by atoms with E-state index in [9.17, 15) is 10.2 Å². The predicted octanol–water partition coefficient (Wildman–Crippen LogP) is 0.468. The van der Waals surface area contributed by atoms with Gasteiger partial charge in [-0.15, -0.1) is 12.4 Å². The van der Waals surface area contributed by atoms with Crippen LogP contribution in [0.1, 0.15) is 17.2 Å². The van der Waals surface area contributed by atoms with Crippen LogP contribution in [0.25, 0.3) is 0 Å². The summed E-state index contributed by atoms with van der Waals surface area (Å²) in [6.45, 7) is 1.34. The molecule has 0 saturated carbocycles. The molecule has 0 radical (unpaired) electrons. The van der Waals surface area contributed by atoms with Gasteiger partial charge in [0.05, 0.1) is 6.10 Å². The number of rotatable bonds is 0. The zero-order valence-electron chi connectivity index (χ0n) is 8.47. The summed E-state index contributed by atoms with van der Waals surface area (Å²) in [7, 11) is 1.93. The third-order valence-electron chi connectivity index (χ3n) is 2.46. The molecule has 0 amide bonds. The summed E-state index contributed by atoms with van der Waals surface area (Å²) in [5, 5.41) is 19.3. The SMILES string of the molecule is CN1Cc2c(O)cccc2[C@@H](O)C1.Cl.O. The Bertz CT molecular complexity index is 332. The summed E-state index contributed by atoms with van der Waals surface area (Å²) in [5.41, 5.74) is 1.71. The van der Waals surface area contributed by atoms with E-state index in [2.05, 4.69) is 0 Å². The first-order chi connectivity index (χ1) is 6.18. The normalized spacial score (nSPS) is 19.7. The van der Waals surface area contributed by atoms with Crippen molar-refractivity contribution in [1.82, 2.24) is 4.90 Å². The standard InChI is InChI=1S/C10H13NO2.ClH.H2O/c1-11-5-8-7(10(13)6-11)3-2-4-9(8)12;;/h2-4,10,12-13H,5-6H2,1H3;1H;1H2/t10-;;/m0../s1. The molecule has 1 aromatic carbocycles. The number of aromatic hydroxyl groups is 1. The van der Waals surface area contributed by atoms with Crippen molar-refractivity contribution < 1.29 is 15.7 Å². The van der Waals surface area contributed by atoms with Crippen LogP contribution in [0.5, 0.6) is 5.75 Å². The number of halogens is 1. The van der Waals surface area contributed by atoms with Gasteiger partial charge < -0.3 is 15.7 Å². The zero-order chi connectivity index (χ0) is 9.42. The number of aliphatic hydroxyl groups is 1. The van der Waals surface area contributed by atoms with Crippen molar-refractivity contribution in [2.75, 3.05) is 13.6 Å². The molecular weight excluding hydrogens is 218 g/mol. The second-order valence-corrected chi connectivity index (χ2v) is 3.56. The maximum Gasteiger partial charge on any atom is 0.120 e. The minimum absolute atomic E-state index is 0. The van der Waals surface area contributed by atoms with E-state index in [4.69, 9.17) is 0 Å². The largest absolute Gasteiger partial charge is 0.508 e. The van der Waals surface area contributed by atoms with Gasteiger partial charge in [-0.1, -0.05) is 12.1 Å². The maximum absolute atomic E-state index is 9.70. The van der Waals surface area contributed by atoms with Crippen molar-refractivity contribution >= 4 is 12.4 Å². The molecule has 4 nitrogen and oxygen atoms in total. The van der Waals surface area contributed by atoms with Crippen LogP contribution in [0.4, 0.5) is 0 Å². The molecule has 2 rings (SSSR count). The Morgan fingerprint density at radius 3 is 2.73 bits per heavy atom. The number of nitrogens with zero attached hydrogens (tertiary/aromatic N) is 1. The fourth-order valence-electron chi connectivity index (χ4n) is 1.80. The Morgan fingerprint density at radius 2 is 2.07 bits per heavy atom. The molecule has 1 aliphatic heterocycles. The lowest BCUT2D eigenvalue weighted by atomic mass is 9.97. The second-order valence-electron chi connectivity index (χ2n) is 3.56. The number of hydrogen-bond acceptors (Lipinski definition) is 3. The van der Waals surface area contributed by atoms with Crippen LogP contribution < -0.4 is 0 Å². The van der Waals surface area contributed by atoms with E-state index in [1.165, 1.54) is 0 Å². The molecule has 1 aliphatic rings. The van der Waals surface area contributed by atoms with Crippen LogP contribution in [0.2, 0.25) is 0 Å². The molecule has 5 heteroatoms. The Hall–Kier alpha value is -0.810. The highest BCUT2D eigenvalue weighted by molar-refractivity contribution is 5.85. The van der Waals surface area contributed by atoms with Gasteiger partial charge in [0.1, 0.15) is 5.75 Å². The number of hydrogen-bond donors (Lipinski definition) is 2. The maximum atomic E-state index is 9.70.